The molecule has 4 rings (SSSR count). The van der Waals surface area contributed by atoms with Gasteiger partial charge in [-0.15, -0.1) is 0 Å². The van der Waals surface area contributed by atoms with Crippen LogP contribution in [0.4, 0.5) is 10.1 Å². The molecule has 1 N–H and O–H groups in total. The van der Waals surface area contributed by atoms with Crippen molar-refractivity contribution in [2.75, 3.05) is 5.32 Å². The van der Waals surface area contributed by atoms with E-state index in [1.54, 1.807) is 47.1 Å². The van der Waals surface area contributed by atoms with Crippen molar-refractivity contribution in [3.8, 4) is 11.3 Å². The zero-order chi connectivity index (χ0) is 16.5. The summed E-state index contributed by atoms with van der Waals surface area (Å²) in [4.78, 5) is 16.6. The summed E-state index contributed by atoms with van der Waals surface area (Å²) >= 11 is 0. The normalized spacial score (nSPS) is 10.9. The number of carbonyl (C=O) groups excluding carboxylic acids is 1. The first-order chi connectivity index (χ1) is 11.7. The van der Waals surface area contributed by atoms with Crippen molar-refractivity contribution in [2.24, 2.45) is 0 Å². The van der Waals surface area contributed by atoms with E-state index in [2.05, 4.69) is 10.3 Å². The third-order valence-electron chi connectivity index (χ3n) is 3.57. The van der Waals surface area contributed by atoms with Crippen LogP contribution in [-0.2, 0) is 0 Å². The summed E-state index contributed by atoms with van der Waals surface area (Å²) in [5.74, 6) is 0.119. The number of benzene rings is 1. The van der Waals surface area contributed by atoms with Crippen LogP contribution in [0.2, 0.25) is 0 Å². The van der Waals surface area contributed by atoms with Crippen LogP contribution in [-0.4, -0.2) is 15.3 Å². The van der Waals surface area contributed by atoms with E-state index in [0.29, 0.717) is 28.4 Å². The molecule has 0 spiro atoms. The van der Waals surface area contributed by atoms with Gasteiger partial charge in [0.2, 0.25) is 0 Å². The number of pyridine rings is 1. The van der Waals surface area contributed by atoms with Crippen molar-refractivity contribution < 1.29 is 13.6 Å². The predicted molar refractivity (Wildman–Crippen MR) is 87.2 cm³/mol. The fourth-order valence-electron chi connectivity index (χ4n) is 2.43. The fourth-order valence-corrected chi connectivity index (χ4v) is 2.43. The molecule has 0 atom stereocenters. The highest BCUT2D eigenvalue weighted by atomic mass is 19.1. The topological polar surface area (TPSA) is 59.5 Å². The lowest BCUT2D eigenvalue weighted by Gasteiger charge is -2.01. The van der Waals surface area contributed by atoms with E-state index in [4.69, 9.17) is 4.42 Å². The third-order valence-corrected chi connectivity index (χ3v) is 3.57. The third kappa shape index (κ3) is 2.65. The van der Waals surface area contributed by atoms with E-state index >= 15 is 0 Å². The molecule has 0 radical (unpaired) electrons. The van der Waals surface area contributed by atoms with Crippen LogP contribution in [0.15, 0.2) is 71.4 Å². The number of nitrogens with one attached hydrogen (secondary N) is 1. The molecule has 0 aliphatic heterocycles. The first-order valence-electron chi connectivity index (χ1n) is 7.30. The van der Waals surface area contributed by atoms with Gasteiger partial charge in [-0.25, -0.2) is 4.98 Å². The molecular weight excluding hydrogens is 309 g/mol. The van der Waals surface area contributed by atoms with Gasteiger partial charge in [0, 0.05) is 29.7 Å². The van der Waals surface area contributed by atoms with E-state index in [1.807, 2.05) is 18.2 Å². The van der Waals surface area contributed by atoms with Gasteiger partial charge >= 0.3 is 0 Å². The number of amides is 1. The van der Waals surface area contributed by atoms with E-state index < -0.39 is 6.01 Å². The molecule has 0 saturated carbocycles. The number of aromatic nitrogens is 2. The molecule has 5 nitrogen and oxygen atoms in total. The average Bonchev–Trinajstić information content (AvgIpc) is 3.21. The first kappa shape index (κ1) is 14.2. The van der Waals surface area contributed by atoms with Gasteiger partial charge in [-0.05, 0) is 30.3 Å². The molecule has 3 aromatic heterocycles. The summed E-state index contributed by atoms with van der Waals surface area (Å²) < 4.78 is 19.7. The highest BCUT2D eigenvalue weighted by molar-refractivity contribution is 6.03. The maximum atomic E-state index is 13.0. The van der Waals surface area contributed by atoms with Gasteiger partial charge in [0.05, 0.1) is 0 Å². The molecule has 0 aliphatic carbocycles. The second-order valence-electron chi connectivity index (χ2n) is 5.23. The van der Waals surface area contributed by atoms with Gasteiger partial charge in [0.1, 0.15) is 17.1 Å². The Morgan fingerprint density at radius 3 is 2.62 bits per heavy atom. The molecule has 0 unspecified atom stereocenters. The quantitative estimate of drug-likeness (QED) is 0.621. The summed E-state index contributed by atoms with van der Waals surface area (Å²) in [7, 11) is 0. The van der Waals surface area contributed by atoms with Crippen molar-refractivity contribution in [2.45, 2.75) is 0 Å². The number of nitrogens with zero attached hydrogens (tertiary/aromatic N) is 2. The molecule has 1 amide bonds. The molecule has 118 valence electrons. The molecule has 4 aromatic rings. The van der Waals surface area contributed by atoms with E-state index in [9.17, 15) is 9.18 Å². The standard InChI is InChI=1S/C18H12FN3O2/c19-16-8-7-15(24-16)12-6-9-17-21-14(11-22(17)10-12)18(23)20-13-4-2-1-3-5-13/h1-11H,(H,20,23). The molecule has 0 bridgehead atoms. The molecule has 3 heterocycles. The van der Waals surface area contributed by atoms with Crippen molar-refractivity contribution in [1.82, 2.24) is 9.38 Å². The van der Waals surface area contributed by atoms with Crippen LogP contribution in [0.3, 0.4) is 0 Å². The Bertz CT molecular complexity index is 1020. The van der Waals surface area contributed by atoms with Crippen LogP contribution < -0.4 is 5.32 Å². The van der Waals surface area contributed by atoms with Crippen molar-refractivity contribution >= 4 is 17.2 Å². The lowest BCUT2D eigenvalue weighted by atomic mass is 10.2. The van der Waals surface area contributed by atoms with Crippen LogP contribution >= 0.6 is 0 Å². The van der Waals surface area contributed by atoms with E-state index in [1.165, 1.54) is 6.07 Å². The van der Waals surface area contributed by atoms with Crippen LogP contribution in [0.5, 0.6) is 0 Å². The Morgan fingerprint density at radius 2 is 1.88 bits per heavy atom. The zero-order valence-corrected chi connectivity index (χ0v) is 12.4. The highest BCUT2D eigenvalue weighted by Gasteiger charge is 2.12. The number of hydrogen-bond acceptors (Lipinski definition) is 3. The van der Waals surface area contributed by atoms with Crippen molar-refractivity contribution in [3.05, 3.63) is 78.7 Å². The van der Waals surface area contributed by atoms with Gasteiger partial charge in [0.25, 0.3) is 11.9 Å². The Labute approximate surface area is 136 Å². The zero-order valence-electron chi connectivity index (χ0n) is 12.4. The Morgan fingerprint density at radius 1 is 1.04 bits per heavy atom. The van der Waals surface area contributed by atoms with Gasteiger partial charge in [0.15, 0.2) is 0 Å². The molecular formula is C18H12FN3O2. The van der Waals surface area contributed by atoms with Crippen molar-refractivity contribution in [3.63, 3.8) is 0 Å². The minimum atomic E-state index is -0.640. The fraction of sp³-hybridized carbons (Fsp3) is 0. The number of halogens is 1. The molecule has 0 aliphatic rings. The minimum absolute atomic E-state index is 0.293. The van der Waals surface area contributed by atoms with Crippen LogP contribution in [0.25, 0.3) is 17.0 Å². The SMILES string of the molecule is O=C(Nc1ccccc1)c1cn2cc(-c3ccc(F)o3)ccc2n1. The molecule has 0 fully saturated rings. The van der Waals surface area contributed by atoms with Gasteiger partial charge in [-0.2, -0.15) is 4.39 Å². The summed E-state index contributed by atoms with van der Waals surface area (Å²) in [5.41, 5.74) is 2.30. The van der Waals surface area contributed by atoms with Gasteiger partial charge in [-0.3, -0.25) is 4.79 Å². The van der Waals surface area contributed by atoms with Gasteiger partial charge in [-0.1, -0.05) is 18.2 Å². The number of hydrogen-bond donors (Lipinski definition) is 1. The molecule has 0 saturated heterocycles. The Balaban J connectivity index is 1.64. The highest BCUT2D eigenvalue weighted by Crippen LogP contribution is 2.22. The number of carbonyl (C=O) groups is 1. The second kappa shape index (κ2) is 5.66. The number of anilines is 1. The summed E-state index contributed by atoms with van der Waals surface area (Å²) in [6, 6.07) is 14.8. The summed E-state index contributed by atoms with van der Waals surface area (Å²) in [6.45, 7) is 0. The largest absolute Gasteiger partial charge is 0.431 e. The lowest BCUT2D eigenvalue weighted by Crippen LogP contribution is -2.11. The molecule has 6 heteroatoms. The number of furan rings is 1. The Hall–Kier alpha value is -3.41. The molecule has 1 aromatic carbocycles. The van der Waals surface area contributed by atoms with Crippen LogP contribution in [0, 0.1) is 6.01 Å². The minimum Gasteiger partial charge on any atom is -0.431 e. The Kier molecular flexibility index (Phi) is 3.35. The smallest absolute Gasteiger partial charge is 0.278 e. The lowest BCUT2D eigenvalue weighted by molar-refractivity contribution is 0.102. The summed E-state index contributed by atoms with van der Waals surface area (Å²) in [6.07, 6.45) is 3.36. The number of para-hydroxylation sites is 1. The monoisotopic (exact) mass is 321 g/mol. The maximum Gasteiger partial charge on any atom is 0.278 e. The molecule has 24 heavy (non-hydrogen) atoms. The van der Waals surface area contributed by atoms with Crippen molar-refractivity contribution in [1.29, 1.82) is 0 Å². The van der Waals surface area contributed by atoms with E-state index in [0.717, 1.165) is 0 Å². The number of fused-ring (bicyclic) bond motifs is 1. The first-order valence-corrected chi connectivity index (χ1v) is 7.30. The predicted octanol–water partition coefficient (Wildman–Crippen LogP) is 3.99. The summed E-state index contributed by atoms with van der Waals surface area (Å²) in [5, 5.41) is 2.79. The van der Waals surface area contributed by atoms with Gasteiger partial charge < -0.3 is 14.1 Å². The number of imidazole rings is 1. The second-order valence-corrected chi connectivity index (χ2v) is 5.23. The number of rotatable bonds is 3. The van der Waals surface area contributed by atoms with Crippen LogP contribution in [0.1, 0.15) is 10.5 Å². The maximum absolute atomic E-state index is 13.0. The van der Waals surface area contributed by atoms with E-state index in [-0.39, 0.29) is 5.91 Å². The average molecular weight is 321 g/mol.